The first-order chi connectivity index (χ1) is 9.91. The van der Waals surface area contributed by atoms with Crippen molar-refractivity contribution in [1.29, 1.82) is 0 Å². The average Bonchev–Trinajstić information content (AvgIpc) is 2.50. The van der Waals surface area contributed by atoms with Crippen molar-refractivity contribution < 1.29 is 20.9 Å². The molecule has 2 aliphatic carbocycles. The van der Waals surface area contributed by atoms with E-state index in [0.717, 1.165) is 18.3 Å². The Morgan fingerprint density at radius 3 is 1.32 bits per heavy atom. The first kappa shape index (κ1) is 24.8. The maximum absolute atomic E-state index is 4.19. The number of hydrogen-bond acceptors (Lipinski definition) is 1. The summed E-state index contributed by atoms with van der Waals surface area (Å²) in [5, 5.41) is 0. The Balaban J connectivity index is 0. The van der Waals surface area contributed by atoms with E-state index in [0.29, 0.717) is 0 Å². The second kappa shape index (κ2) is 15.1. The molecule has 1 nitrogen and oxygen atoms in total. The SMILES string of the molecule is CC1CC[CH-]CC1.CC1CC[CH-]CC1.CCC(C)(C)[N]=[Nb].[CH3-]. The van der Waals surface area contributed by atoms with Crippen molar-refractivity contribution in [1.82, 2.24) is 0 Å². The Kier molecular flexibility index (Phi) is 17.0. The van der Waals surface area contributed by atoms with Crippen molar-refractivity contribution in [2.24, 2.45) is 15.2 Å². The normalized spacial score (nSPS) is 19.6. The van der Waals surface area contributed by atoms with Crippen LogP contribution in [0.25, 0.3) is 0 Å². The summed E-state index contributed by atoms with van der Waals surface area (Å²) in [6, 6.07) is 0. The van der Waals surface area contributed by atoms with E-state index in [-0.39, 0.29) is 13.0 Å². The molecule has 0 N–H and O–H groups in total. The summed E-state index contributed by atoms with van der Waals surface area (Å²) in [5.74, 6) is 2.01. The van der Waals surface area contributed by atoms with Gasteiger partial charge in [0, 0.05) is 0 Å². The van der Waals surface area contributed by atoms with Gasteiger partial charge in [-0.2, -0.15) is 25.7 Å². The number of hydrogen-bond donors (Lipinski definition) is 0. The minimum Gasteiger partial charge on any atom is -0.358 e. The largest absolute Gasteiger partial charge is 0.358 e. The maximum Gasteiger partial charge on any atom is -0.358 e. The molecule has 0 aromatic heterocycles. The van der Waals surface area contributed by atoms with Crippen molar-refractivity contribution in [3.63, 3.8) is 0 Å². The van der Waals surface area contributed by atoms with Gasteiger partial charge in [0.2, 0.25) is 0 Å². The molecule has 0 aliphatic heterocycles. The van der Waals surface area contributed by atoms with Crippen molar-refractivity contribution in [3.05, 3.63) is 20.3 Å². The molecule has 0 aromatic rings. The van der Waals surface area contributed by atoms with Crippen LogP contribution in [0.3, 0.4) is 0 Å². The number of rotatable bonds is 2. The molecule has 2 saturated carbocycles. The fraction of sp³-hybridized carbons (Fsp3) is 0.850. The van der Waals surface area contributed by atoms with Crippen LogP contribution in [0.1, 0.15) is 92.4 Å². The molecule has 0 atom stereocenters. The summed E-state index contributed by atoms with van der Waals surface area (Å²) < 4.78 is 4.19. The monoisotopic (exact) mass is 387 g/mol. The zero-order valence-electron chi connectivity index (χ0n) is 16.1. The second-order valence-corrected chi connectivity index (χ2v) is 7.85. The van der Waals surface area contributed by atoms with E-state index in [1.165, 1.54) is 51.4 Å². The van der Waals surface area contributed by atoms with Crippen LogP contribution in [0.2, 0.25) is 0 Å². The van der Waals surface area contributed by atoms with E-state index < -0.39 is 0 Å². The Morgan fingerprint density at radius 1 is 0.909 bits per heavy atom. The molecule has 133 valence electrons. The molecular formula is C20H40NNb-3. The summed E-state index contributed by atoms with van der Waals surface area (Å²) in [6.07, 6.45) is 17.1. The van der Waals surface area contributed by atoms with Crippen LogP contribution >= 0.6 is 0 Å². The minimum absolute atomic E-state index is 0. The van der Waals surface area contributed by atoms with E-state index in [1.807, 2.05) is 0 Å². The molecular weight excluding hydrogens is 347 g/mol. The Bertz CT molecular complexity index is 222. The Labute approximate surface area is 154 Å². The molecule has 2 heteroatoms. The summed E-state index contributed by atoms with van der Waals surface area (Å²) >= 11 is 1.55. The van der Waals surface area contributed by atoms with Crippen LogP contribution in [0.15, 0.2) is 3.34 Å². The topological polar surface area (TPSA) is 12.4 Å². The molecule has 0 spiro atoms. The van der Waals surface area contributed by atoms with Gasteiger partial charge in [-0.05, 0) is 11.8 Å². The molecule has 0 radical (unpaired) electrons. The third-order valence-corrected chi connectivity index (χ3v) is 5.92. The first-order valence-electron chi connectivity index (χ1n) is 8.90. The van der Waals surface area contributed by atoms with Gasteiger partial charge in [-0.25, -0.2) is 0 Å². The van der Waals surface area contributed by atoms with E-state index >= 15 is 0 Å². The van der Waals surface area contributed by atoms with Gasteiger partial charge in [-0.3, -0.25) is 0 Å². The van der Waals surface area contributed by atoms with Gasteiger partial charge in [0.25, 0.3) is 0 Å². The van der Waals surface area contributed by atoms with Crippen LogP contribution in [-0.4, -0.2) is 5.54 Å². The molecule has 22 heavy (non-hydrogen) atoms. The third kappa shape index (κ3) is 15.4. The average molecular weight is 387 g/mol. The predicted octanol–water partition coefficient (Wildman–Crippen LogP) is 7.16. The summed E-state index contributed by atoms with van der Waals surface area (Å²) in [6.45, 7) is 11.1. The minimum atomic E-state index is 0. The van der Waals surface area contributed by atoms with E-state index in [9.17, 15) is 0 Å². The smallest absolute Gasteiger partial charge is 0.358 e. The van der Waals surface area contributed by atoms with Crippen LogP contribution in [-0.2, 0) is 20.9 Å². The zero-order chi connectivity index (χ0) is 16.1. The van der Waals surface area contributed by atoms with Crippen molar-refractivity contribution in [2.75, 3.05) is 0 Å². The second-order valence-electron chi connectivity index (χ2n) is 7.36. The van der Waals surface area contributed by atoms with Crippen LogP contribution in [0.5, 0.6) is 0 Å². The molecule has 0 bridgehead atoms. The fourth-order valence-electron chi connectivity index (χ4n) is 2.26. The van der Waals surface area contributed by atoms with Crippen molar-refractivity contribution in [3.8, 4) is 0 Å². The van der Waals surface area contributed by atoms with Crippen LogP contribution in [0.4, 0.5) is 0 Å². The number of nitrogens with zero attached hydrogens (tertiary/aromatic N) is 1. The third-order valence-electron chi connectivity index (χ3n) is 4.59. The molecule has 0 amide bonds. The molecule has 2 aliphatic rings. The molecule has 0 heterocycles. The predicted molar refractivity (Wildman–Crippen MR) is 97.1 cm³/mol. The van der Waals surface area contributed by atoms with E-state index in [1.54, 1.807) is 20.9 Å². The fourth-order valence-corrected chi connectivity index (χ4v) is 2.61. The van der Waals surface area contributed by atoms with Crippen molar-refractivity contribution >= 4 is 0 Å². The molecule has 0 saturated heterocycles. The van der Waals surface area contributed by atoms with Gasteiger partial charge in [-0.15, -0.1) is 0 Å². The van der Waals surface area contributed by atoms with Gasteiger partial charge >= 0.3 is 57.0 Å². The Hall–Kier alpha value is 0.540. The van der Waals surface area contributed by atoms with E-state index in [4.69, 9.17) is 0 Å². The molecule has 0 aromatic carbocycles. The summed E-state index contributed by atoms with van der Waals surface area (Å²) in [5.41, 5.74) is 0.231. The van der Waals surface area contributed by atoms with Gasteiger partial charge < -0.3 is 20.3 Å². The molecule has 2 rings (SSSR count). The van der Waals surface area contributed by atoms with Gasteiger partial charge in [0.1, 0.15) is 0 Å². The Morgan fingerprint density at radius 2 is 1.23 bits per heavy atom. The first-order valence-corrected chi connectivity index (χ1v) is 9.89. The van der Waals surface area contributed by atoms with Gasteiger partial charge in [0.15, 0.2) is 0 Å². The van der Waals surface area contributed by atoms with Crippen LogP contribution in [0, 0.1) is 32.1 Å². The van der Waals surface area contributed by atoms with Crippen molar-refractivity contribution in [2.45, 2.75) is 97.9 Å². The standard InChI is InChI=1S/2C7H13.C5H11N.CH3.Nb/c2*1-7-5-3-2-4-6-7;1-4-5(2,3)6;;/h2*2,7H,3-6H2,1H3;4H2,1-3H3;1H3;/q2*-1;;-1;. The summed E-state index contributed by atoms with van der Waals surface area (Å²) in [7, 11) is 0. The maximum atomic E-state index is 4.19. The quantitative estimate of drug-likeness (QED) is 0.352. The van der Waals surface area contributed by atoms with Gasteiger partial charge in [-0.1, -0.05) is 39.5 Å². The van der Waals surface area contributed by atoms with E-state index in [2.05, 4.69) is 50.8 Å². The zero-order valence-corrected chi connectivity index (χ0v) is 18.3. The molecule has 0 unspecified atom stereocenters. The molecule has 2 fully saturated rings. The van der Waals surface area contributed by atoms with Crippen LogP contribution < -0.4 is 0 Å². The summed E-state index contributed by atoms with van der Waals surface area (Å²) in [4.78, 5) is 0. The van der Waals surface area contributed by atoms with Gasteiger partial charge in [0.05, 0.1) is 0 Å².